The number of aliphatic hydroxyl groups excluding tert-OH is 1. The molecule has 0 saturated carbocycles. The molecule has 0 radical (unpaired) electrons. The fourth-order valence-electron chi connectivity index (χ4n) is 2.48. The van der Waals surface area contributed by atoms with Gasteiger partial charge in [-0.1, -0.05) is 64.7 Å². The highest BCUT2D eigenvalue weighted by Gasteiger charge is 2.35. The van der Waals surface area contributed by atoms with E-state index < -0.39 is 0 Å². The van der Waals surface area contributed by atoms with Crippen molar-refractivity contribution in [2.45, 2.75) is 80.6 Å². The van der Waals surface area contributed by atoms with Crippen molar-refractivity contribution in [2.75, 3.05) is 18.8 Å². The van der Waals surface area contributed by atoms with Crippen molar-refractivity contribution in [3.8, 4) is 0 Å². The minimum atomic E-state index is -0.202. The molecule has 0 amide bonds. The van der Waals surface area contributed by atoms with E-state index in [1.165, 1.54) is 57.8 Å². The Bertz CT molecular complexity index is 200. The lowest BCUT2D eigenvalue weighted by Gasteiger charge is -2.33. The third-order valence-corrected chi connectivity index (χ3v) is 9.37. The number of aliphatic hydroxyl groups is 1. The zero-order chi connectivity index (χ0) is 15.3. The Kier molecular flexibility index (Phi) is 14.3. The summed E-state index contributed by atoms with van der Waals surface area (Å²) < 4.78 is -0.0693. The molecule has 1 atom stereocenters. The van der Waals surface area contributed by atoms with Crippen molar-refractivity contribution in [1.82, 2.24) is 0 Å². The Balaban J connectivity index is 3.59. The van der Waals surface area contributed by atoms with Gasteiger partial charge in [-0.2, -0.15) is 0 Å². The monoisotopic (exact) mass is 338 g/mol. The van der Waals surface area contributed by atoms with Crippen molar-refractivity contribution in [3.63, 3.8) is 0 Å². The second-order valence-corrected chi connectivity index (χ2v) is 9.28. The van der Waals surface area contributed by atoms with Gasteiger partial charge < -0.3 is 5.11 Å². The molecule has 0 rings (SSSR count). The fraction of sp³-hybridized carbons (Fsp3) is 1.00. The van der Waals surface area contributed by atoms with Gasteiger partial charge >= 0.3 is 0 Å². The zero-order valence-electron chi connectivity index (χ0n) is 13.8. The van der Waals surface area contributed by atoms with Crippen molar-refractivity contribution >= 4 is 35.3 Å². The van der Waals surface area contributed by atoms with Crippen LogP contribution in [0.4, 0.5) is 0 Å². The van der Waals surface area contributed by atoms with Gasteiger partial charge in [-0.15, -0.1) is 35.3 Å². The van der Waals surface area contributed by atoms with Gasteiger partial charge in [-0.05, 0) is 25.2 Å². The van der Waals surface area contributed by atoms with Gasteiger partial charge in [0.1, 0.15) is 3.41 Å². The first-order chi connectivity index (χ1) is 9.66. The molecule has 0 aliphatic heterocycles. The summed E-state index contributed by atoms with van der Waals surface area (Å²) in [5, 5.41) is 10.4. The molecule has 0 heterocycles. The van der Waals surface area contributed by atoms with Gasteiger partial charge in [-0.25, -0.2) is 0 Å². The van der Waals surface area contributed by atoms with Gasteiger partial charge in [-0.3, -0.25) is 0 Å². The number of hydrogen-bond donors (Lipinski definition) is 1. The molecular weight excluding hydrogens is 304 g/mol. The van der Waals surface area contributed by atoms with Crippen LogP contribution in [0.15, 0.2) is 0 Å². The van der Waals surface area contributed by atoms with Crippen LogP contribution in [-0.4, -0.2) is 33.4 Å². The van der Waals surface area contributed by atoms with Crippen LogP contribution >= 0.6 is 35.3 Å². The highest BCUT2D eigenvalue weighted by atomic mass is 32.3. The number of hydrogen-bond acceptors (Lipinski definition) is 4. The molecular formula is C16H34OS3. The number of rotatable bonds is 14. The third-order valence-electron chi connectivity index (χ3n) is 3.84. The number of thioether (sulfide) groups is 3. The van der Waals surface area contributed by atoms with E-state index in [0.717, 1.165) is 6.42 Å². The molecule has 0 saturated heterocycles. The lowest BCUT2D eigenvalue weighted by molar-refractivity contribution is 0.170. The topological polar surface area (TPSA) is 20.2 Å². The second-order valence-electron chi connectivity index (χ2n) is 5.35. The summed E-state index contributed by atoms with van der Waals surface area (Å²) in [6.07, 6.45) is 19.1. The third kappa shape index (κ3) is 8.45. The summed E-state index contributed by atoms with van der Waals surface area (Å²) in [7, 11) is 0. The average Bonchev–Trinajstić information content (AvgIpc) is 2.48. The van der Waals surface area contributed by atoms with Crippen molar-refractivity contribution in [1.29, 1.82) is 0 Å². The molecule has 0 spiro atoms. The van der Waals surface area contributed by atoms with Gasteiger partial charge in [0.15, 0.2) is 0 Å². The molecule has 0 bridgehead atoms. The normalized spacial score (nSPS) is 13.7. The summed E-state index contributed by atoms with van der Waals surface area (Å²) in [6.45, 7) is 2.27. The van der Waals surface area contributed by atoms with Crippen LogP contribution in [-0.2, 0) is 0 Å². The smallest absolute Gasteiger partial charge is 0.132 e. The summed E-state index contributed by atoms with van der Waals surface area (Å²) in [6, 6.07) is 0. The standard InChI is InChI=1S/C16H34OS3/c1-5-6-7-8-9-10-11-12-13-14-15(17)16(18-2,19-3)20-4/h15,17H,5-14H2,1-4H3. The van der Waals surface area contributed by atoms with Gasteiger partial charge in [0.05, 0.1) is 6.10 Å². The molecule has 0 aromatic heterocycles. The SMILES string of the molecule is CCCCCCCCCCCC(O)C(SC)(SC)SC. The van der Waals surface area contributed by atoms with E-state index in [-0.39, 0.29) is 9.52 Å². The lowest BCUT2D eigenvalue weighted by atomic mass is 10.1. The van der Waals surface area contributed by atoms with E-state index in [1.54, 1.807) is 35.3 Å². The van der Waals surface area contributed by atoms with Gasteiger partial charge in [0.25, 0.3) is 0 Å². The van der Waals surface area contributed by atoms with E-state index in [1.807, 2.05) is 0 Å². The van der Waals surface area contributed by atoms with Crippen LogP contribution in [0.3, 0.4) is 0 Å². The fourth-order valence-corrected chi connectivity index (χ4v) is 5.65. The molecule has 1 N–H and O–H groups in total. The first-order valence-corrected chi connectivity index (χ1v) is 11.7. The molecule has 1 nitrogen and oxygen atoms in total. The summed E-state index contributed by atoms with van der Waals surface area (Å²) >= 11 is 5.34. The van der Waals surface area contributed by atoms with Gasteiger partial charge in [0.2, 0.25) is 0 Å². The maximum atomic E-state index is 10.4. The summed E-state index contributed by atoms with van der Waals surface area (Å²) in [5.74, 6) is 0. The first kappa shape index (κ1) is 21.0. The van der Waals surface area contributed by atoms with Crippen LogP contribution in [0.25, 0.3) is 0 Å². The molecule has 20 heavy (non-hydrogen) atoms. The molecule has 4 heteroatoms. The Morgan fingerprint density at radius 1 is 0.750 bits per heavy atom. The van der Waals surface area contributed by atoms with E-state index in [0.29, 0.717) is 0 Å². The molecule has 0 fully saturated rings. The van der Waals surface area contributed by atoms with E-state index in [2.05, 4.69) is 25.7 Å². The Morgan fingerprint density at radius 3 is 1.55 bits per heavy atom. The van der Waals surface area contributed by atoms with Gasteiger partial charge in [0, 0.05) is 0 Å². The minimum absolute atomic E-state index is 0.0693. The molecule has 0 aliphatic rings. The summed E-state index contributed by atoms with van der Waals surface area (Å²) in [5.41, 5.74) is 0. The van der Waals surface area contributed by atoms with Crippen LogP contribution in [0.5, 0.6) is 0 Å². The van der Waals surface area contributed by atoms with E-state index in [9.17, 15) is 5.11 Å². The maximum Gasteiger partial charge on any atom is 0.132 e. The van der Waals surface area contributed by atoms with E-state index >= 15 is 0 Å². The Hall–Kier alpha value is 1.01. The first-order valence-electron chi connectivity index (χ1n) is 8.00. The Labute approximate surface area is 139 Å². The molecule has 0 aromatic rings. The predicted molar refractivity (Wildman–Crippen MR) is 101 cm³/mol. The van der Waals surface area contributed by atoms with Crippen molar-refractivity contribution in [2.24, 2.45) is 0 Å². The molecule has 0 aromatic carbocycles. The van der Waals surface area contributed by atoms with E-state index in [4.69, 9.17) is 0 Å². The van der Waals surface area contributed by atoms with Crippen molar-refractivity contribution < 1.29 is 5.11 Å². The number of unbranched alkanes of at least 4 members (excludes halogenated alkanes) is 8. The van der Waals surface area contributed by atoms with Crippen molar-refractivity contribution in [3.05, 3.63) is 0 Å². The quantitative estimate of drug-likeness (QED) is 0.309. The lowest BCUT2D eigenvalue weighted by Crippen LogP contribution is -2.31. The van der Waals surface area contributed by atoms with Crippen LogP contribution in [0.1, 0.15) is 71.1 Å². The maximum absolute atomic E-state index is 10.4. The van der Waals surface area contributed by atoms with Crippen LogP contribution in [0.2, 0.25) is 0 Å². The van der Waals surface area contributed by atoms with Crippen LogP contribution < -0.4 is 0 Å². The molecule has 1 unspecified atom stereocenters. The van der Waals surface area contributed by atoms with Crippen LogP contribution in [0, 0.1) is 0 Å². The highest BCUT2D eigenvalue weighted by molar-refractivity contribution is 8.33. The Morgan fingerprint density at radius 2 is 1.15 bits per heavy atom. The average molecular weight is 339 g/mol. The molecule has 122 valence electrons. The minimum Gasteiger partial charge on any atom is -0.390 e. The summed E-state index contributed by atoms with van der Waals surface area (Å²) in [4.78, 5) is 0. The second kappa shape index (κ2) is 13.7. The largest absolute Gasteiger partial charge is 0.390 e. The highest BCUT2D eigenvalue weighted by Crippen LogP contribution is 2.47. The molecule has 0 aliphatic carbocycles. The zero-order valence-corrected chi connectivity index (χ0v) is 16.3. The predicted octanol–water partition coefficient (Wildman–Crippen LogP) is 6.01.